The first-order chi connectivity index (χ1) is 11.0. The van der Waals surface area contributed by atoms with Gasteiger partial charge >= 0.3 is 0 Å². The number of carbonyl (C=O) groups excluding carboxylic acids is 1. The number of H-pyrrole nitrogens is 1. The summed E-state index contributed by atoms with van der Waals surface area (Å²) in [5, 5.41) is 11.0. The summed E-state index contributed by atoms with van der Waals surface area (Å²) in [6, 6.07) is 4.82. The summed E-state index contributed by atoms with van der Waals surface area (Å²) < 4.78 is 5.82. The number of nitrogens with zero attached hydrogens (tertiary/aromatic N) is 1. The van der Waals surface area contributed by atoms with Crippen LogP contribution in [0.15, 0.2) is 18.2 Å². The third-order valence-corrected chi connectivity index (χ3v) is 3.93. The number of hydrogen-bond acceptors (Lipinski definition) is 3. The number of halogens is 2. The van der Waals surface area contributed by atoms with E-state index in [9.17, 15) is 4.79 Å². The van der Waals surface area contributed by atoms with Crippen LogP contribution in [-0.2, 0) is 11.2 Å². The zero-order valence-electron chi connectivity index (χ0n) is 13.2. The monoisotopic (exact) mass is 355 g/mol. The van der Waals surface area contributed by atoms with Gasteiger partial charge in [-0.3, -0.25) is 9.89 Å². The minimum Gasteiger partial charge on any atom is -0.437 e. The van der Waals surface area contributed by atoms with Crippen molar-refractivity contribution >= 4 is 29.6 Å². The summed E-state index contributed by atoms with van der Waals surface area (Å²) in [5.41, 5.74) is 1.76. The molecule has 0 radical (unpaired) electrons. The number of carbonyl (C=O) groups is 1. The van der Waals surface area contributed by atoms with Crippen molar-refractivity contribution in [3.05, 3.63) is 39.5 Å². The molecule has 1 aromatic heterocycles. The van der Waals surface area contributed by atoms with E-state index in [0.717, 1.165) is 11.3 Å². The van der Waals surface area contributed by atoms with Crippen LogP contribution in [0.2, 0.25) is 10.0 Å². The predicted octanol–water partition coefficient (Wildman–Crippen LogP) is 4.51. The SMILES string of the molecule is CCc1c(Oc2cc(Cl)cc(Cl)c2)n[nH]c1C(NC=O)C(C)C. The Morgan fingerprint density at radius 2 is 1.96 bits per heavy atom. The lowest BCUT2D eigenvalue weighted by atomic mass is 9.97. The number of nitrogens with one attached hydrogen (secondary N) is 2. The van der Waals surface area contributed by atoms with Gasteiger partial charge in [-0.15, -0.1) is 5.10 Å². The van der Waals surface area contributed by atoms with Crippen LogP contribution in [0.1, 0.15) is 38.1 Å². The lowest BCUT2D eigenvalue weighted by molar-refractivity contribution is -0.110. The van der Waals surface area contributed by atoms with E-state index >= 15 is 0 Å². The van der Waals surface area contributed by atoms with E-state index < -0.39 is 0 Å². The van der Waals surface area contributed by atoms with Crippen molar-refractivity contribution in [2.24, 2.45) is 5.92 Å². The molecule has 0 saturated heterocycles. The van der Waals surface area contributed by atoms with Gasteiger partial charge in [0.05, 0.1) is 11.7 Å². The van der Waals surface area contributed by atoms with Crippen molar-refractivity contribution in [3.8, 4) is 11.6 Å². The molecule has 124 valence electrons. The average molecular weight is 356 g/mol. The number of rotatable bonds is 7. The highest BCUT2D eigenvalue weighted by Gasteiger charge is 2.23. The van der Waals surface area contributed by atoms with E-state index in [2.05, 4.69) is 15.5 Å². The minimum atomic E-state index is -0.157. The molecule has 23 heavy (non-hydrogen) atoms. The fourth-order valence-corrected chi connectivity index (χ4v) is 2.93. The van der Waals surface area contributed by atoms with E-state index in [4.69, 9.17) is 27.9 Å². The molecule has 1 aromatic carbocycles. The van der Waals surface area contributed by atoms with Gasteiger partial charge in [-0.05, 0) is 30.5 Å². The van der Waals surface area contributed by atoms with Gasteiger partial charge in [0, 0.05) is 15.6 Å². The van der Waals surface area contributed by atoms with Crippen LogP contribution in [-0.4, -0.2) is 16.6 Å². The van der Waals surface area contributed by atoms with Crippen molar-refractivity contribution in [2.45, 2.75) is 33.2 Å². The van der Waals surface area contributed by atoms with Gasteiger partial charge in [-0.25, -0.2) is 0 Å². The van der Waals surface area contributed by atoms with Crippen LogP contribution >= 0.6 is 23.2 Å². The number of benzene rings is 1. The van der Waals surface area contributed by atoms with E-state index in [1.807, 2.05) is 20.8 Å². The van der Waals surface area contributed by atoms with E-state index in [-0.39, 0.29) is 12.0 Å². The maximum absolute atomic E-state index is 10.9. The van der Waals surface area contributed by atoms with Crippen LogP contribution < -0.4 is 10.1 Å². The Morgan fingerprint density at radius 3 is 2.48 bits per heavy atom. The Labute approximate surface area is 145 Å². The Balaban J connectivity index is 2.35. The summed E-state index contributed by atoms with van der Waals surface area (Å²) in [6.07, 6.45) is 1.40. The first-order valence-corrected chi connectivity index (χ1v) is 8.12. The standard InChI is InChI=1S/C16H19Cl2N3O2/c1-4-13-15(14(9(2)3)19-8-22)20-21-16(13)23-12-6-10(17)5-11(18)7-12/h5-9,14H,4H2,1-3H3,(H,19,22)(H,20,21). The normalized spacial score (nSPS) is 12.3. The molecule has 0 aliphatic heterocycles. The number of hydrogen-bond donors (Lipinski definition) is 2. The predicted molar refractivity (Wildman–Crippen MR) is 91.3 cm³/mol. The molecule has 1 unspecified atom stereocenters. The number of aromatic nitrogens is 2. The summed E-state index contributed by atoms with van der Waals surface area (Å²) in [6.45, 7) is 6.06. The van der Waals surface area contributed by atoms with Crippen LogP contribution in [0.25, 0.3) is 0 Å². The van der Waals surface area contributed by atoms with Crippen molar-refractivity contribution in [1.29, 1.82) is 0 Å². The van der Waals surface area contributed by atoms with Gasteiger partial charge < -0.3 is 10.1 Å². The summed E-state index contributed by atoms with van der Waals surface area (Å²) in [7, 11) is 0. The zero-order chi connectivity index (χ0) is 17.0. The first kappa shape index (κ1) is 17.6. The van der Waals surface area contributed by atoms with Crippen molar-refractivity contribution < 1.29 is 9.53 Å². The highest BCUT2D eigenvalue weighted by molar-refractivity contribution is 6.34. The summed E-state index contributed by atoms with van der Waals surface area (Å²) >= 11 is 12.0. The Morgan fingerprint density at radius 1 is 1.30 bits per heavy atom. The number of ether oxygens (including phenoxy) is 1. The largest absolute Gasteiger partial charge is 0.437 e. The highest BCUT2D eigenvalue weighted by Crippen LogP contribution is 2.33. The quantitative estimate of drug-likeness (QED) is 0.717. The third kappa shape index (κ3) is 4.18. The Bertz CT molecular complexity index is 666. The maximum Gasteiger partial charge on any atom is 0.241 e. The van der Waals surface area contributed by atoms with Crippen molar-refractivity contribution in [1.82, 2.24) is 15.5 Å². The molecule has 1 amide bonds. The molecule has 0 bridgehead atoms. The minimum absolute atomic E-state index is 0.157. The fraction of sp³-hybridized carbons (Fsp3) is 0.375. The second kappa shape index (κ2) is 7.70. The molecule has 0 aliphatic carbocycles. The molecule has 0 fully saturated rings. The van der Waals surface area contributed by atoms with E-state index in [1.54, 1.807) is 18.2 Å². The van der Waals surface area contributed by atoms with Crippen LogP contribution in [0.4, 0.5) is 0 Å². The molecule has 0 spiro atoms. The average Bonchev–Trinajstić information content (AvgIpc) is 2.85. The second-order valence-corrected chi connectivity index (χ2v) is 6.36. The number of aromatic amines is 1. The zero-order valence-corrected chi connectivity index (χ0v) is 14.7. The summed E-state index contributed by atoms with van der Waals surface area (Å²) in [5.74, 6) is 1.18. The third-order valence-electron chi connectivity index (χ3n) is 3.49. The van der Waals surface area contributed by atoms with Gasteiger partial charge in [0.15, 0.2) is 0 Å². The molecule has 0 saturated carbocycles. The fourth-order valence-electron chi connectivity index (χ4n) is 2.43. The molecule has 2 aromatic rings. The molecule has 2 N–H and O–H groups in total. The van der Waals surface area contributed by atoms with Gasteiger partial charge in [0.2, 0.25) is 12.3 Å². The second-order valence-electron chi connectivity index (χ2n) is 5.49. The molecule has 5 nitrogen and oxygen atoms in total. The van der Waals surface area contributed by atoms with Gasteiger partial charge in [-0.2, -0.15) is 0 Å². The van der Waals surface area contributed by atoms with Crippen LogP contribution in [0.5, 0.6) is 11.6 Å². The van der Waals surface area contributed by atoms with Gasteiger partial charge in [0.1, 0.15) is 5.75 Å². The molecule has 7 heteroatoms. The summed E-state index contributed by atoms with van der Waals surface area (Å²) in [4.78, 5) is 10.9. The van der Waals surface area contributed by atoms with E-state index in [0.29, 0.717) is 34.5 Å². The molecular weight excluding hydrogens is 337 g/mol. The lowest BCUT2D eigenvalue weighted by Crippen LogP contribution is -2.25. The highest BCUT2D eigenvalue weighted by atomic mass is 35.5. The van der Waals surface area contributed by atoms with Crippen LogP contribution in [0.3, 0.4) is 0 Å². The van der Waals surface area contributed by atoms with Gasteiger partial charge in [0.25, 0.3) is 0 Å². The van der Waals surface area contributed by atoms with Gasteiger partial charge in [-0.1, -0.05) is 44.0 Å². The molecular formula is C16H19Cl2N3O2. The lowest BCUT2D eigenvalue weighted by Gasteiger charge is -2.19. The van der Waals surface area contributed by atoms with Crippen molar-refractivity contribution in [2.75, 3.05) is 0 Å². The number of amides is 1. The molecule has 1 atom stereocenters. The Hall–Kier alpha value is -1.72. The smallest absolute Gasteiger partial charge is 0.241 e. The van der Waals surface area contributed by atoms with Crippen molar-refractivity contribution in [3.63, 3.8) is 0 Å². The molecule has 2 rings (SSSR count). The Kier molecular flexibility index (Phi) is 5.91. The maximum atomic E-state index is 10.9. The van der Waals surface area contributed by atoms with E-state index in [1.165, 1.54) is 0 Å². The van der Waals surface area contributed by atoms with Crippen LogP contribution in [0, 0.1) is 5.92 Å². The molecule has 1 heterocycles. The topological polar surface area (TPSA) is 67.0 Å². The molecule has 0 aliphatic rings. The first-order valence-electron chi connectivity index (χ1n) is 7.37.